The van der Waals surface area contributed by atoms with Gasteiger partial charge in [0.25, 0.3) is 0 Å². The fraction of sp³-hybridized carbons (Fsp3) is 0.533. The summed E-state index contributed by atoms with van der Waals surface area (Å²) in [5, 5.41) is 9.01. The number of benzene rings is 1. The number of carboxylic acid groups (broad SMARTS) is 1. The lowest BCUT2D eigenvalue weighted by atomic mass is 9.85. The van der Waals surface area contributed by atoms with Gasteiger partial charge in [0.15, 0.2) is 0 Å². The van der Waals surface area contributed by atoms with Gasteiger partial charge in [0.1, 0.15) is 0 Å². The Hall–Kier alpha value is -0.870. The summed E-state index contributed by atoms with van der Waals surface area (Å²) in [5.74, 6) is -0.764. The summed E-state index contributed by atoms with van der Waals surface area (Å²) in [7, 11) is 2.13. The molecule has 0 amide bonds. The van der Waals surface area contributed by atoms with Gasteiger partial charge < -0.3 is 5.11 Å². The number of aliphatic carboxylic acids is 1. The van der Waals surface area contributed by atoms with E-state index in [9.17, 15) is 4.79 Å². The molecule has 0 atom stereocenters. The minimum atomic E-state index is -0.632. The second kappa shape index (κ2) is 6.53. The molecule has 1 aromatic carbocycles. The van der Waals surface area contributed by atoms with Crippen LogP contribution in [0.25, 0.3) is 0 Å². The number of rotatable bonds is 4. The molecule has 0 radical (unpaired) electrons. The molecular formula is C15H20BrNO2. The fourth-order valence-corrected chi connectivity index (χ4v) is 3.20. The molecule has 0 saturated heterocycles. The van der Waals surface area contributed by atoms with Crippen LogP contribution in [0.4, 0.5) is 0 Å². The zero-order valence-corrected chi connectivity index (χ0v) is 12.8. The van der Waals surface area contributed by atoms with E-state index in [1.807, 2.05) is 6.07 Å². The molecule has 1 N–H and O–H groups in total. The van der Waals surface area contributed by atoms with Crippen LogP contribution in [-0.4, -0.2) is 29.1 Å². The van der Waals surface area contributed by atoms with Crippen LogP contribution in [0, 0.1) is 5.92 Å². The zero-order valence-electron chi connectivity index (χ0n) is 11.2. The Morgan fingerprint density at radius 3 is 2.53 bits per heavy atom. The number of hydrogen-bond donors (Lipinski definition) is 1. The van der Waals surface area contributed by atoms with Crippen molar-refractivity contribution in [3.8, 4) is 0 Å². The first-order valence-electron chi connectivity index (χ1n) is 6.74. The van der Waals surface area contributed by atoms with E-state index in [4.69, 9.17) is 5.11 Å². The first kappa shape index (κ1) is 14.5. The van der Waals surface area contributed by atoms with Crippen LogP contribution >= 0.6 is 15.9 Å². The summed E-state index contributed by atoms with van der Waals surface area (Å²) in [6, 6.07) is 8.76. The Kier molecular flexibility index (Phi) is 4.99. The van der Waals surface area contributed by atoms with Gasteiger partial charge in [-0.1, -0.05) is 34.1 Å². The molecule has 19 heavy (non-hydrogen) atoms. The average Bonchev–Trinajstić information content (AvgIpc) is 2.41. The molecule has 4 heteroatoms. The van der Waals surface area contributed by atoms with Gasteiger partial charge in [-0.15, -0.1) is 0 Å². The molecule has 1 aliphatic rings. The highest BCUT2D eigenvalue weighted by Crippen LogP contribution is 2.28. The summed E-state index contributed by atoms with van der Waals surface area (Å²) in [6.45, 7) is 0.907. The Balaban J connectivity index is 1.90. The summed E-state index contributed by atoms with van der Waals surface area (Å²) in [5.41, 5.74) is 1.28. The molecule has 0 aliphatic heterocycles. The Labute approximate surface area is 122 Å². The van der Waals surface area contributed by atoms with Crippen molar-refractivity contribution in [2.45, 2.75) is 38.3 Å². The number of carbonyl (C=O) groups is 1. The van der Waals surface area contributed by atoms with E-state index in [1.165, 1.54) is 5.56 Å². The minimum absolute atomic E-state index is 0.131. The predicted molar refractivity (Wildman–Crippen MR) is 79.0 cm³/mol. The lowest BCUT2D eigenvalue weighted by Crippen LogP contribution is -2.36. The minimum Gasteiger partial charge on any atom is -0.481 e. The third-order valence-corrected chi connectivity index (χ3v) is 4.82. The summed E-state index contributed by atoms with van der Waals surface area (Å²) in [4.78, 5) is 13.3. The largest absolute Gasteiger partial charge is 0.481 e. The van der Waals surface area contributed by atoms with Gasteiger partial charge >= 0.3 is 5.97 Å². The Morgan fingerprint density at radius 1 is 1.32 bits per heavy atom. The molecular weight excluding hydrogens is 306 g/mol. The van der Waals surface area contributed by atoms with Gasteiger partial charge in [0.2, 0.25) is 0 Å². The second-order valence-electron chi connectivity index (χ2n) is 5.35. The third-order valence-electron chi connectivity index (χ3n) is 4.05. The van der Waals surface area contributed by atoms with E-state index in [-0.39, 0.29) is 5.92 Å². The molecule has 1 aromatic rings. The normalized spacial score (nSPS) is 23.5. The number of halogens is 1. The average molecular weight is 326 g/mol. The molecule has 0 aromatic heterocycles. The van der Waals surface area contributed by atoms with E-state index in [2.05, 4.69) is 46.1 Å². The van der Waals surface area contributed by atoms with Crippen molar-refractivity contribution in [3.05, 3.63) is 34.3 Å². The molecule has 3 nitrogen and oxygen atoms in total. The zero-order chi connectivity index (χ0) is 13.8. The third kappa shape index (κ3) is 3.80. The molecule has 0 unspecified atom stereocenters. The number of hydrogen-bond acceptors (Lipinski definition) is 2. The van der Waals surface area contributed by atoms with Crippen LogP contribution in [0.5, 0.6) is 0 Å². The van der Waals surface area contributed by atoms with Crippen LogP contribution in [0.2, 0.25) is 0 Å². The summed E-state index contributed by atoms with van der Waals surface area (Å²) < 4.78 is 1.14. The Bertz CT molecular complexity index is 442. The number of nitrogens with zero attached hydrogens (tertiary/aromatic N) is 1. The summed E-state index contributed by atoms with van der Waals surface area (Å²) >= 11 is 3.57. The predicted octanol–water partition coefficient (Wildman–Crippen LogP) is 3.52. The van der Waals surface area contributed by atoms with Crippen molar-refractivity contribution in [1.82, 2.24) is 4.90 Å². The van der Waals surface area contributed by atoms with Crippen molar-refractivity contribution in [3.63, 3.8) is 0 Å². The van der Waals surface area contributed by atoms with Gasteiger partial charge in [-0.3, -0.25) is 9.69 Å². The molecule has 0 heterocycles. The maximum absolute atomic E-state index is 10.9. The standard InChI is InChI=1S/C15H20BrNO2/c1-17(10-12-4-2-3-5-14(12)16)13-8-6-11(7-9-13)15(18)19/h2-5,11,13H,6-10H2,1H3,(H,18,19). The van der Waals surface area contributed by atoms with Crippen LogP contribution < -0.4 is 0 Å². The van der Waals surface area contributed by atoms with Gasteiger partial charge in [0, 0.05) is 17.1 Å². The molecule has 0 spiro atoms. The summed E-state index contributed by atoms with van der Waals surface area (Å²) in [6.07, 6.45) is 3.58. The van der Waals surface area contributed by atoms with Crippen LogP contribution in [0.3, 0.4) is 0 Å². The van der Waals surface area contributed by atoms with Crippen LogP contribution in [0.15, 0.2) is 28.7 Å². The first-order valence-corrected chi connectivity index (χ1v) is 7.53. The van der Waals surface area contributed by atoms with Crippen molar-refractivity contribution >= 4 is 21.9 Å². The van der Waals surface area contributed by atoms with Gasteiger partial charge in [0.05, 0.1) is 5.92 Å². The molecule has 104 valence electrons. The van der Waals surface area contributed by atoms with Crippen LogP contribution in [0.1, 0.15) is 31.2 Å². The maximum atomic E-state index is 10.9. The van der Waals surface area contributed by atoms with Crippen molar-refractivity contribution in [2.24, 2.45) is 5.92 Å². The van der Waals surface area contributed by atoms with Gasteiger partial charge in [-0.25, -0.2) is 0 Å². The van der Waals surface area contributed by atoms with Crippen molar-refractivity contribution in [1.29, 1.82) is 0 Å². The quantitative estimate of drug-likeness (QED) is 0.920. The molecule has 2 rings (SSSR count). The van der Waals surface area contributed by atoms with Gasteiger partial charge in [-0.2, -0.15) is 0 Å². The molecule has 1 fully saturated rings. The maximum Gasteiger partial charge on any atom is 0.306 e. The van der Waals surface area contributed by atoms with Crippen molar-refractivity contribution < 1.29 is 9.90 Å². The first-order chi connectivity index (χ1) is 9.08. The van der Waals surface area contributed by atoms with E-state index >= 15 is 0 Å². The smallest absolute Gasteiger partial charge is 0.306 e. The van der Waals surface area contributed by atoms with E-state index in [0.29, 0.717) is 6.04 Å². The lowest BCUT2D eigenvalue weighted by Gasteiger charge is -2.33. The van der Waals surface area contributed by atoms with Crippen LogP contribution in [-0.2, 0) is 11.3 Å². The Morgan fingerprint density at radius 2 is 1.95 bits per heavy atom. The van der Waals surface area contributed by atoms with Crippen molar-refractivity contribution in [2.75, 3.05) is 7.05 Å². The van der Waals surface area contributed by atoms with E-state index in [0.717, 1.165) is 36.7 Å². The molecule has 0 bridgehead atoms. The fourth-order valence-electron chi connectivity index (χ4n) is 2.79. The van der Waals surface area contributed by atoms with E-state index in [1.54, 1.807) is 0 Å². The second-order valence-corrected chi connectivity index (χ2v) is 6.20. The highest BCUT2D eigenvalue weighted by atomic mass is 79.9. The highest BCUT2D eigenvalue weighted by molar-refractivity contribution is 9.10. The topological polar surface area (TPSA) is 40.5 Å². The van der Waals surface area contributed by atoms with Gasteiger partial charge in [-0.05, 0) is 44.4 Å². The number of carboxylic acids is 1. The SMILES string of the molecule is CN(Cc1ccccc1Br)C1CCC(C(=O)O)CC1. The highest BCUT2D eigenvalue weighted by Gasteiger charge is 2.27. The lowest BCUT2D eigenvalue weighted by molar-refractivity contribution is -0.143. The molecule has 1 aliphatic carbocycles. The molecule has 1 saturated carbocycles. The van der Waals surface area contributed by atoms with E-state index < -0.39 is 5.97 Å². The monoisotopic (exact) mass is 325 g/mol.